The summed E-state index contributed by atoms with van der Waals surface area (Å²) in [6, 6.07) is 5.92. The summed E-state index contributed by atoms with van der Waals surface area (Å²) in [5.41, 5.74) is 3.10. The maximum absolute atomic E-state index is 12.4. The molecule has 3 saturated carbocycles. The molecule has 0 aromatic heterocycles. The predicted octanol–water partition coefficient (Wildman–Crippen LogP) is 2.01. The van der Waals surface area contributed by atoms with Crippen LogP contribution in [0.4, 0.5) is 4.79 Å². The fraction of sp³-hybridized carbons (Fsp3) is 0.636. The van der Waals surface area contributed by atoms with Crippen LogP contribution in [0.2, 0.25) is 0 Å². The van der Waals surface area contributed by atoms with Crippen molar-refractivity contribution in [1.82, 2.24) is 20.9 Å². The van der Waals surface area contributed by atoms with Gasteiger partial charge in [0, 0.05) is 42.2 Å². The molecule has 0 unspecified atom stereocenters. The van der Waals surface area contributed by atoms with Crippen molar-refractivity contribution in [2.24, 2.45) is 5.41 Å². The first-order valence-corrected chi connectivity index (χ1v) is 10.6. The first-order chi connectivity index (χ1) is 13.9. The van der Waals surface area contributed by atoms with Crippen LogP contribution in [-0.4, -0.2) is 55.2 Å². The van der Waals surface area contributed by atoms with Gasteiger partial charge < -0.3 is 25.6 Å². The molecular weight excluding hydrogens is 368 g/mol. The SMILES string of the molecule is CNCCOCC12CC(NC(=O)NCc3ccc4c(c3)CN(C(C)C)C4=O)(C1)C2. The quantitative estimate of drug-likeness (QED) is 0.554. The number of carbonyl (C=O) groups excluding carboxylic acids is 2. The highest BCUT2D eigenvalue weighted by Gasteiger charge is 2.68. The third kappa shape index (κ3) is 3.85. The van der Waals surface area contributed by atoms with Gasteiger partial charge in [-0.1, -0.05) is 12.1 Å². The second-order valence-electron chi connectivity index (χ2n) is 9.29. The van der Waals surface area contributed by atoms with Crippen LogP contribution < -0.4 is 16.0 Å². The summed E-state index contributed by atoms with van der Waals surface area (Å²) in [6.45, 7) is 7.56. The number of nitrogens with zero attached hydrogens (tertiary/aromatic N) is 1. The number of likely N-dealkylation sites (N-methyl/N-ethyl adjacent to an activating group) is 1. The first kappa shape index (κ1) is 20.2. The van der Waals surface area contributed by atoms with Gasteiger partial charge in [0.1, 0.15) is 0 Å². The lowest BCUT2D eigenvalue weighted by molar-refractivity contribution is -0.183. The van der Waals surface area contributed by atoms with Crippen LogP contribution >= 0.6 is 0 Å². The lowest BCUT2D eigenvalue weighted by atomic mass is 9.39. The first-order valence-electron chi connectivity index (χ1n) is 10.6. The van der Waals surface area contributed by atoms with Gasteiger partial charge >= 0.3 is 6.03 Å². The zero-order chi connectivity index (χ0) is 20.6. The number of carbonyl (C=O) groups is 2. The van der Waals surface area contributed by atoms with E-state index in [2.05, 4.69) is 16.0 Å². The lowest BCUT2D eigenvalue weighted by Crippen LogP contribution is -2.76. The van der Waals surface area contributed by atoms with Gasteiger partial charge in [0.2, 0.25) is 0 Å². The average Bonchev–Trinajstić information content (AvgIpc) is 2.96. The molecule has 1 aromatic rings. The monoisotopic (exact) mass is 400 g/mol. The van der Waals surface area contributed by atoms with Crippen molar-refractivity contribution in [3.8, 4) is 0 Å². The van der Waals surface area contributed by atoms with Crippen LogP contribution in [-0.2, 0) is 17.8 Å². The van der Waals surface area contributed by atoms with E-state index in [-0.39, 0.29) is 28.9 Å². The minimum Gasteiger partial charge on any atom is -0.380 e. The Hall–Kier alpha value is -2.12. The summed E-state index contributed by atoms with van der Waals surface area (Å²) in [4.78, 5) is 26.6. The van der Waals surface area contributed by atoms with E-state index in [9.17, 15) is 9.59 Å². The molecule has 3 aliphatic carbocycles. The number of amides is 3. The normalized spacial score (nSPS) is 26.8. The highest BCUT2D eigenvalue weighted by molar-refractivity contribution is 5.98. The number of urea groups is 1. The number of hydrogen-bond donors (Lipinski definition) is 3. The highest BCUT2D eigenvalue weighted by Crippen LogP contribution is 2.67. The van der Waals surface area contributed by atoms with Gasteiger partial charge in [0.25, 0.3) is 5.91 Å². The zero-order valence-electron chi connectivity index (χ0n) is 17.6. The molecule has 1 aliphatic heterocycles. The molecule has 7 nitrogen and oxygen atoms in total. The zero-order valence-corrected chi connectivity index (χ0v) is 17.6. The van der Waals surface area contributed by atoms with E-state index in [1.54, 1.807) is 0 Å². The molecule has 3 N–H and O–H groups in total. The largest absolute Gasteiger partial charge is 0.380 e. The van der Waals surface area contributed by atoms with Crippen LogP contribution in [0.15, 0.2) is 18.2 Å². The summed E-state index contributed by atoms with van der Waals surface area (Å²) < 4.78 is 5.72. The van der Waals surface area contributed by atoms with Crippen LogP contribution in [0.3, 0.4) is 0 Å². The van der Waals surface area contributed by atoms with E-state index in [1.807, 2.05) is 44.0 Å². The molecule has 7 heteroatoms. The van der Waals surface area contributed by atoms with Crippen molar-refractivity contribution in [2.75, 3.05) is 26.8 Å². The second kappa shape index (κ2) is 7.61. The molecule has 3 amide bonds. The third-order valence-electron chi connectivity index (χ3n) is 6.50. The highest BCUT2D eigenvalue weighted by atomic mass is 16.5. The molecule has 5 rings (SSSR count). The van der Waals surface area contributed by atoms with Crippen molar-refractivity contribution < 1.29 is 14.3 Å². The van der Waals surface area contributed by atoms with Crippen molar-refractivity contribution >= 4 is 11.9 Å². The van der Waals surface area contributed by atoms with Gasteiger partial charge in [0.05, 0.1) is 13.2 Å². The summed E-state index contributed by atoms with van der Waals surface area (Å²) in [6.07, 6.45) is 3.04. The number of fused-ring (bicyclic) bond motifs is 1. The number of nitrogens with one attached hydrogen (secondary N) is 3. The van der Waals surface area contributed by atoms with Gasteiger partial charge in [-0.15, -0.1) is 0 Å². The van der Waals surface area contributed by atoms with Crippen LogP contribution in [0.1, 0.15) is 54.6 Å². The maximum atomic E-state index is 12.4. The average molecular weight is 401 g/mol. The summed E-state index contributed by atoms with van der Waals surface area (Å²) in [7, 11) is 1.92. The molecular formula is C22H32N4O3. The lowest BCUT2D eigenvalue weighted by Gasteiger charge is -2.70. The van der Waals surface area contributed by atoms with Crippen LogP contribution in [0, 0.1) is 5.41 Å². The molecule has 29 heavy (non-hydrogen) atoms. The smallest absolute Gasteiger partial charge is 0.315 e. The van der Waals surface area contributed by atoms with Gasteiger partial charge in [-0.3, -0.25) is 4.79 Å². The minimum atomic E-state index is -0.116. The van der Waals surface area contributed by atoms with E-state index >= 15 is 0 Å². The number of hydrogen-bond acceptors (Lipinski definition) is 4. The molecule has 0 atom stereocenters. The van der Waals surface area contributed by atoms with Gasteiger partial charge in [-0.05, 0) is 57.4 Å². The van der Waals surface area contributed by atoms with E-state index in [0.717, 1.165) is 55.7 Å². The maximum Gasteiger partial charge on any atom is 0.315 e. The Morgan fingerprint density at radius 2 is 2.03 bits per heavy atom. The predicted molar refractivity (Wildman–Crippen MR) is 111 cm³/mol. The fourth-order valence-electron chi connectivity index (χ4n) is 5.14. The van der Waals surface area contributed by atoms with E-state index in [0.29, 0.717) is 13.1 Å². The van der Waals surface area contributed by atoms with Gasteiger partial charge in [-0.25, -0.2) is 4.79 Å². The summed E-state index contributed by atoms with van der Waals surface area (Å²) >= 11 is 0. The second-order valence-corrected chi connectivity index (χ2v) is 9.29. The van der Waals surface area contributed by atoms with E-state index in [1.165, 1.54) is 0 Å². The molecule has 0 saturated heterocycles. The third-order valence-corrected chi connectivity index (χ3v) is 6.50. The molecule has 0 spiro atoms. The molecule has 3 fully saturated rings. The topological polar surface area (TPSA) is 82.7 Å². The molecule has 158 valence electrons. The van der Waals surface area contributed by atoms with Crippen molar-refractivity contribution in [1.29, 1.82) is 0 Å². The van der Waals surface area contributed by atoms with Gasteiger partial charge in [0.15, 0.2) is 0 Å². The van der Waals surface area contributed by atoms with Crippen molar-refractivity contribution in [3.05, 3.63) is 34.9 Å². The Bertz CT molecular complexity index is 787. The van der Waals surface area contributed by atoms with E-state index < -0.39 is 0 Å². The summed E-state index contributed by atoms with van der Waals surface area (Å²) in [5, 5.41) is 9.20. The Kier molecular flexibility index (Phi) is 5.29. The Morgan fingerprint density at radius 3 is 2.72 bits per heavy atom. The molecule has 4 aliphatic rings. The molecule has 0 radical (unpaired) electrons. The minimum absolute atomic E-state index is 0.0292. The van der Waals surface area contributed by atoms with Crippen LogP contribution in [0.5, 0.6) is 0 Å². The Balaban J connectivity index is 1.21. The fourth-order valence-corrected chi connectivity index (χ4v) is 5.14. The number of rotatable bonds is 9. The van der Waals surface area contributed by atoms with Crippen molar-refractivity contribution in [3.63, 3.8) is 0 Å². The van der Waals surface area contributed by atoms with Crippen LogP contribution in [0.25, 0.3) is 0 Å². The Morgan fingerprint density at radius 1 is 1.28 bits per heavy atom. The molecule has 1 heterocycles. The molecule has 2 bridgehead atoms. The van der Waals surface area contributed by atoms with Crippen molar-refractivity contribution in [2.45, 2.75) is 57.8 Å². The van der Waals surface area contributed by atoms with Gasteiger partial charge in [-0.2, -0.15) is 0 Å². The number of benzene rings is 1. The number of ether oxygens (including phenoxy) is 1. The van der Waals surface area contributed by atoms with E-state index in [4.69, 9.17) is 4.74 Å². The molecule has 1 aromatic carbocycles. The standard InChI is InChI=1S/C22H32N4O3/c1-15(2)26-10-17-8-16(4-5-18(17)19(26)27)9-24-20(28)25-22-11-21(12-22,13-22)14-29-7-6-23-3/h4-5,8,15,23H,6-7,9-14H2,1-3H3,(H2,24,25,28). The summed E-state index contributed by atoms with van der Waals surface area (Å²) in [5.74, 6) is 0.0970. The Labute approximate surface area is 172 Å².